The Balaban J connectivity index is 2.20. The van der Waals surface area contributed by atoms with Gasteiger partial charge in [0.1, 0.15) is 0 Å². The molecule has 0 aliphatic heterocycles. The molecule has 0 saturated heterocycles. The number of anilines is 1. The van der Waals surface area contributed by atoms with Gasteiger partial charge in [-0.25, -0.2) is 0 Å². The molecule has 0 bridgehead atoms. The van der Waals surface area contributed by atoms with Crippen LogP contribution in [0.15, 0.2) is 46.2 Å². The number of furan rings is 1. The lowest BCUT2D eigenvalue weighted by atomic mass is 10.2. The summed E-state index contributed by atoms with van der Waals surface area (Å²) in [6.45, 7) is 0. The Morgan fingerprint density at radius 1 is 1.42 bits per heavy atom. The second-order valence-corrected chi connectivity index (χ2v) is 4.02. The molecule has 0 radical (unpaired) electrons. The zero-order chi connectivity index (χ0) is 13.8. The Morgan fingerprint density at radius 3 is 2.79 bits per heavy atom. The molecule has 6 nitrogen and oxygen atoms in total. The van der Waals surface area contributed by atoms with Crippen molar-refractivity contribution >= 4 is 29.0 Å². The first-order valence-corrected chi connectivity index (χ1v) is 5.62. The molecule has 1 amide bonds. The predicted octanol–water partition coefficient (Wildman–Crippen LogP) is 2.28. The first-order valence-electron chi connectivity index (χ1n) is 5.24. The van der Waals surface area contributed by atoms with E-state index in [0.29, 0.717) is 11.3 Å². The van der Waals surface area contributed by atoms with Crippen LogP contribution in [0.2, 0.25) is 5.02 Å². The summed E-state index contributed by atoms with van der Waals surface area (Å²) in [6, 6.07) is 7.75. The van der Waals surface area contributed by atoms with Gasteiger partial charge in [-0.05, 0) is 30.3 Å². The molecule has 0 atom stereocenters. The van der Waals surface area contributed by atoms with Crippen molar-refractivity contribution < 1.29 is 14.4 Å². The van der Waals surface area contributed by atoms with Gasteiger partial charge in [-0.15, -0.1) is 0 Å². The average Bonchev–Trinajstić information content (AvgIpc) is 2.94. The maximum atomic E-state index is 11.8. The fourth-order valence-corrected chi connectivity index (χ4v) is 1.65. The number of hydrogen-bond acceptors (Lipinski definition) is 4. The van der Waals surface area contributed by atoms with Gasteiger partial charge in [0.2, 0.25) is 0 Å². The number of carbonyl (C=O) groups is 1. The van der Waals surface area contributed by atoms with Crippen molar-refractivity contribution in [2.75, 3.05) is 5.32 Å². The molecule has 0 aliphatic carbocycles. The first-order chi connectivity index (χ1) is 9.11. The lowest BCUT2D eigenvalue weighted by molar-refractivity contribution is 0.0996. The molecular formula is C12H10ClN3O3. The number of carbonyl (C=O) groups excluding carboxylic acids is 1. The molecule has 98 valence electrons. The molecular weight excluding hydrogens is 270 g/mol. The topological polar surface area (TPSA) is 101 Å². The third-order valence-corrected chi connectivity index (χ3v) is 2.68. The number of nitrogens with one attached hydrogen (secondary N) is 1. The van der Waals surface area contributed by atoms with Crippen LogP contribution in [0.5, 0.6) is 0 Å². The molecule has 0 fully saturated rings. The lowest BCUT2D eigenvalue weighted by Crippen LogP contribution is -2.14. The van der Waals surface area contributed by atoms with E-state index in [4.69, 9.17) is 27.0 Å². The molecule has 1 aromatic carbocycles. The standard InChI is InChI=1S/C12H10ClN3O3/c13-8-6-7(11(14)16-18)3-4-9(8)15-12(17)10-2-1-5-19-10/h1-6,18H,(H2,14,16)(H,15,17). The molecule has 1 heterocycles. The number of oxime groups is 1. The minimum atomic E-state index is -0.413. The van der Waals surface area contributed by atoms with Crippen molar-refractivity contribution in [3.63, 3.8) is 0 Å². The van der Waals surface area contributed by atoms with Crippen molar-refractivity contribution in [2.24, 2.45) is 10.9 Å². The van der Waals surface area contributed by atoms with Crippen molar-refractivity contribution in [3.8, 4) is 0 Å². The van der Waals surface area contributed by atoms with Crippen LogP contribution in [0, 0.1) is 0 Å². The van der Waals surface area contributed by atoms with Gasteiger partial charge in [-0.1, -0.05) is 16.8 Å². The minimum Gasteiger partial charge on any atom is -0.459 e. The molecule has 19 heavy (non-hydrogen) atoms. The van der Waals surface area contributed by atoms with Gasteiger partial charge in [0.15, 0.2) is 11.6 Å². The fraction of sp³-hybridized carbons (Fsp3) is 0. The van der Waals surface area contributed by atoms with E-state index in [-0.39, 0.29) is 16.6 Å². The van der Waals surface area contributed by atoms with Crippen LogP contribution in [-0.4, -0.2) is 17.0 Å². The molecule has 0 spiro atoms. The van der Waals surface area contributed by atoms with E-state index < -0.39 is 5.91 Å². The fourth-order valence-electron chi connectivity index (χ4n) is 1.43. The Bertz CT molecular complexity index is 623. The summed E-state index contributed by atoms with van der Waals surface area (Å²) in [5.41, 5.74) is 6.28. The van der Waals surface area contributed by atoms with Crippen molar-refractivity contribution in [3.05, 3.63) is 52.9 Å². The van der Waals surface area contributed by atoms with Crippen LogP contribution < -0.4 is 11.1 Å². The Hall–Kier alpha value is -2.47. The van der Waals surface area contributed by atoms with Crippen molar-refractivity contribution in [2.45, 2.75) is 0 Å². The Kier molecular flexibility index (Phi) is 3.72. The summed E-state index contributed by atoms with van der Waals surface area (Å²) in [5.74, 6) is -0.300. The van der Waals surface area contributed by atoms with E-state index in [0.717, 1.165) is 0 Å². The number of nitrogens with zero attached hydrogens (tertiary/aromatic N) is 1. The molecule has 1 aromatic heterocycles. The van der Waals surface area contributed by atoms with Crippen LogP contribution >= 0.6 is 11.6 Å². The van der Waals surface area contributed by atoms with E-state index in [9.17, 15) is 4.79 Å². The van der Waals surface area contributed by atoms with Gasteiger partial charge < -0.3 is 20.7 Å². The number of amides is 1. The second-order valence-electron chi connectivity index (χ2n) is 3.61. The van der Waals surface area contributed by atoms with Gasteiger partial charge in [-0.3, -0.25) is 4.79 Å². The molecule has 7 heteroatoms. The minimum absolute atomic E-state index is 0.0641. The second kappa shape index (κ2) is 5.45. The maximum absolute atomic E-state index is 11.8. The molecule has 0 aliphatic rings. The summed E-state index contributed by atoms with van der Waals surface area (Å²) in [7, 11) is 0. The van der Waals surface area contributed by atoms with Gasteiger partial charge >= 0.3 is 0 Å². The Labute approximate surface area is 113 Å². The smallest absolute Gasteiger partial charge is 0.291 e. The van der Waals surface area contributed by atoms with E-state index in [1.807, 2.05) is 0 Å². The molecule has 2 aromatic rings. The van der Waals surface area contributed by atoms with Crippen LogP contribution in [0.3, 0.4) is 0 Å². The summed E-state index contributed by atoms with van der Waals surface area (Å²) in [5, 5.41) is 14.3. The van der Waals surface area contributed by atoms with Gasteiger partial charge in [0.25, 0.3) is 5.91 Å². The van der Waals surface area contributed by atoms with E-state index in [1.54, 1.807) is 18.2 Å². The third-order valence-electron chi connectivity index (χ3n) is 2.37. The first kappa shape index (κ1) is 13.0. The quantitative estimate of drug-likeness (QED) is 0.347. The summed E-state index contributed by atoms with van der Waals surface area (Å²) < 4.78 is 4.96. The number of amidine groups is 1. The number of rotatable bonds is 3. The zero-order valence-corrected chi connectivity index (χ0v) is 10.4. The van der Waals surface area contributed by atoms with Crippen LogP contribution in [0.4, 0.5) is 5.69 Å². The normalized spacial score (nSPS) is 11.3. The lowest BCUT2D eigenvalue weighted by Gasteiger charge is -2.07. The van der Waals surface area contributed by atoms with E-state index in [1.165, 1.54) is 18.4 Å². The molecule has 2 rings (SSSR count). The predicted molar refractivity (Wildman–Crippen MR) is 70.6 cm³/mol. The highest BCUT2D eigenvalue weighted by Crippen LogP contribution is 2.23. The van der Waals surface area contributed by atoms with E-state index >= 15 is 0 Å². The highest BCUT2D eigenvalue weighted by Gasteiger charge is 2.11. The SMILES string of the molecule is N/C(=N/O)c1ccc(NC(=O)c2ccco2)c(Cl)c1. The summed E-state index contributed by atoms with van der Waals surface area (Å²) >= 11 is 6.00. The van der Waals surface area contributed by atoms with Crippen LogP contribution in [0.1, 0.15) is 16.1 Å². The molecule has 0 saturated carbocycles. The van der Waals surface area contributed by atoms with Crippen LogP contribution in [-0.2, 0) is 0 Å². The van der Waals surface area contributed by atoms with Crippen molar-refractivity contribution in [1.82, 2.24) is 0 Å². The largest absolute Gasteiger partial charge is 0.459 e. The number of halogens is 1. The maximum Gasteiger partial charge on any atom is 0.291 e. The average molecular weight is 280 g/mol. The number of benzene rings is 1. The van der Waals surface area contributed by atoms with Crippen molar-refractivity contribution in [1.29, 1.82) is 0 Å². The van der Waals surface area contributed by atoms with E-state index in [2.05, 4.69) is 10.5 Å². The molecule has 4 N–H and O–H groups in total. The molecule has 0 unspecified atom stereocenters. The highest BCUT2D eigenvalue weighted by molar-refractivity contribution is 6.34. The summed E-state index contributed by atoms with van der Waals surface area (Å²) in [6.07, 6.45) is 1.40. The number of nitrogens with two attached hydrogens (primary N) is 1. The highest BCUT2D eigenvalue weighted by atomic mass is 35.5. The zero-order valence-electron chi connectivity index (χ0n) is 9.63. The van der Waals surface area contributed by atoms with Gasteiger partial charge in [0, 0.05) is 5.56 Å². The monoisotopic (exact) mass is 279 g/mol. The number of hydrogen-bond donors (Lipinski definition) is 3. The van der Waals surface area contributed by atoms with Crippen LogP contribution in [0.25, 0.3) is 0 Å². The van der Waals surface area contributed by atoms with Gasteiger partial charge in [-0.2, -0.15) is 0 Å². The van der Waals surface area contributed by atoms with Gasteiger partial charge in [0.05, 0.1) is 17.0 Å². The third kappa shape index (κ3) is 2.86. The Morgan fingerprint density at radius 2 is 2.21 bits per heavy atom. The summed E-state index contributed by atoms with van der Waals surface area (Å²) in [4.78, 5) is 11.8.